The van der Waals surface area contributed by atoms with Gasteiger partial charge in [-0.15, -0.1) is 0 Å². The zero-order valence-corrected chi connectivity index (χ0v) is 16.1. The monoisotopic (exact) mass is 386 g/mol. The number of nitrogens with zero attached hydrogens (tertiary/aromatic N) is 2. The van der Waals surface area contributed by atoms with E-state index in [1.165, 1.54) is 0 Å². The molecule has 1 aromatic heterocycles. The third-order valence-corrected chi connectivity index (χ3v) is 4.15. The van der Waals surface area contributed by atoms with E-state index in [0.29, 0.717) is 11.5 Å². The molecule has 0 atom stereocenters. The van der Waals surface area contributed by atoms with Gasteiger partial charge in [-0.1, -0.05) is 60.7 Å². The molecule has 29 heavy (non-hydrogen) atoms. The molecule has 2 aromatic carbocycles. The van der Waals surface area contributed by atoms with E-state index in [2.05, 4.69) is 20.8 Å². The van der Waals surface area contributed by atoms with Crippen molar-refractivity contribution in [1.82, 2.24) is 10.4 Å². The van der Waals surface area contributed by atoms with E-state index in [0.717, 1.165) is 16.7 Å². The molecule has 6 heteroatoms. The Balaban J connectivity index is 1.48. The number of hydrogen-bond acceptors (Lipinski definition) is 4. The van der Waals surface area contributed by atoms with E-state index in [1.807, 2.05) is 54.6 Å². The molecule has 0 bridgehead atoms. The summed E-state index contributed by atoms with van der Waals surface area (Å²) in [4.78, 5) is 28.1. The Kier molecular flexibility index (Phi) is 6.84. The Morgan fingerprint density at radius 1 is 0.862 bits per heavy atom. The zero-order chi connectivity index (χ0) is 20.5. The van der Waals surface area contributed by atoms with Crippen molar-refractivity contribution in [3.8, 4) is 11.1 Å². The second kappa shape index (κ2) is 9.94. The van der Waals surface area contributed by atoms with Crippen LogP contribution >= 0.6 is 0 Å². The van der Waals surface area contributed by atoms with Crippen molar-refractivity contribution < 1.29 is 9.59 Å². The highest BCUT2D eigenvalue weighted by Gasteiger charge is 2.07. The number of carbonyl (C=O) groups is 2. The minimum absolute atomic E-state index is 0.0721. The van der Waals surface area contributed by atoms with Gasteiger partial charge in [0.05, 0.1) is 12.8 Å². The summed E-state index contributed by atoms with van der Waals surface area (Å²) in [5.74, 6) is 0.00549. The summed E-state index contributed by atoms with van der Waals surface area (Å²) in [7, 11) is 0. The van der Waals surface area contributed by atoms with Gasteiger partial charge in [0.2, 0.25) is 11.8 Å². The molecule has 6 nitrogen and oxygen atoms in total. The van der Waals surface area contributed by atoms with Crippen LogP contribution in [-0.4, -0.2) is 22.5 Å². The van der Waals surface area contributed by atoms with Crippen LogP contribution in [0.5, 0.6) is 0 Å². The number of benzene rings is 2. The average Bonchev–Trinajstić information content (AvgIpc) is 2.74. The lowest BCUT2D eigenvalue weighted by Gasteiger charge is -2.06. The summed E-state index contributed by atoms with van der Waals surface area (Å²) in [6.07, 6.45) is 1.89. The molecule has 0 saturated carbocycles. The number of amides is 2. The van der Waals surface area contributed by atoms with Crippen LogP contribution in [0.4, 0.5) is 5.82 Å². The summed E-state index contributed by atoms with van der Waals surface area (Å²) in [5, 5.41) is 6.68. The number of hydrogen-bond donors (Lipinski definition) is 2. The Bertz CT molecular complexity index is 984. The number of aromatic nitrogens is 1. The maximum absolute atomic E-state index is 12.1. The number of nitrogens with one attached hydrogen (secondary N) is 2. The second-order valence-corrected chi connectivity index (χ2v) is 6.56. The van der Waals surface area contributed by atoms with Crippen molar-refractivity contribution in [2.45, 2.75) is 19.8 Å². The highest BCUT2D eigenvalue weighted by Crippen LogP contribution is 2.19. The van der Waals surface area contributed by atoms with Crippen LogP contribution in [0, 0.1) is 0 Å². The van der Waals surface area contributed by atoms with Gasteiger partial charge < -0.3 is 5.32 Å². The molecule has 0 aliphatic carbocycles. The molecule has 3 aromatic rings. The molecular weight excluding hydrogens is 364 g/mol. The number of pyridine rings is 1. The minimum Gasteiger partial charge on any atom is -0.310 e. The largest absolute Gasteiger partial charge is 0.310 e. The van der Waals surface area contributed by atoms with Crippen LogP contribution in [0.3, 0.4) is 0 Å². The lowest BCUT2D eigenvalue weighted by molar-refractivity contribution is -0.120. The molecule has 0 unspecified atom stereocenters. The Morgan fingerprint density at radius 2 is 1.55 bits per heavy atom. The SMILES string of the molecule is C/C(CC(=O)Nc1ccccn1)=N/NC(=O)Cc1ccc(-c2ccccc2)cc1. The van der Waals surface area contributed by atoms with E-state index >= 15 is 0 Å². The third kappa shape index (κ3) is 6.39. The molecule has 2 amide bonds. The van der Waals surface area contributed by atoms with Gasteiger partial charge in [-0.05, 0) is 35.7 Å². The third-order valence-electron chi connectivity index (χ3n) is 4.15. The Labute approximate surface area is 169 Å². The highest BCUT2D eigenvalue weighted by molar-refractivity contribution is 6.05. The molecule has 0 aliphatic heterocycles. The Hall–Kier alpha value is -3.80. The van der Waals surface area contributed by atoms with Gasteiger partial charge in [0.25, 0.3) is 0 Å². The summed E-state index contributed by atoms with van der Waals surface area (Å²) >= 11 is 0. The fourth-order valence-corrected chi connectivity index (χ4v) is 2.72. The number of anilines is 1. The molecule has 0 radical (unpaired) electrons. The fraction of sp³-hybridized carbons (Fsp3) is 0.130. The van der Waals surface area contributed by atoms with E-state index < -0.39 is 0 Å². The smallest absolute Gasteiger partial charge is 0.244 e. The maximum Gasteiger partial charge on any atom is 0.244 e. The van der Waals surface area contributed by atoms with Crippen LogP contribution < -0.4 is 10.7 Å². The number of rotatable bonds is 7. The molecule has 1 heterocycles. The molecule has 3 rings (SSSR count). The summed E-state index contributed by atoms with van der Waals surface area (Å²) in [6, 6.07) is 23.2. The lowest BCUT2D eigenvalue weighted by Crippen LogP contribution is -2.23. The molecule has 0 aliphatic rings. The van der Waals surface area contributed by atoms with E-state index in [4.69, 9.17) is 0 Å². The van der Waals surface area contributed by atoms with Crippen molar-refractivity contribution >= 4 is 23.3 Å². The first-order valence-corrected chi connectivity index (χ1v) is 9.27. The first-order valence-electron chi connectivity index (χ1n) is 9.27. The molecule has 0 fully saturated rings. The van der Waals surface area contributed by atoms with E-state index in [9.17, 15) is 9.59 Å². The summed E-state index contributed by atoms with van der Waals surface area (Å²) < 4.78 is 0. The van der Waals surface area contributed by atoms with Gasteiger partial charge >= 0.3 is 0 Å². The van der Waals surface area contributed by atoms with Gasteiger partial charge in [0.15, 0.2) is 0 Å². The van der Waals surface area contributed by atoms with Gasteiger partial charge in [-0.25, -0.2) is 10.4 Å². The van der Waals surface area contributed by atoms with Crippen LogP contribution in [0.15, 0.2) is 84.1 Å². The topological polar surface area (TPSA) is 83.4 Å². The molecule has 146 valence electrons. The quantitative estimate of drug-likeness (QED) is 0.478. The highest BCUT2D eigenvalue weighted by atomic mass is 16.2. The molecular formula is C23H22N4O2. The number of hydrazone groups is 1. The van der Waals surface area contributed by atoms with Gasteiger partial charge in [0, 0.05) is 11.9 Å². The predicted molar refractivity (Wildman–Crippen MR) is 114 cm³/mol. The first kappa shape index (κ1) is 19.9. The van der Waals surface area contributed by atoms with Gasteiger partial charge in [-0.3, -0.25) is 9.59 Å². The van der Waals surface area contributed by atoms with E-state index in [1.54, 1.807) is 31.3 Å². The molecule has 0 spiro atoms. The number of carbonyl (C=O) groups excluding carboxylic acids is 2. The normalized spacial score (nSPS) is 11.0. The van der Waals surface area contributed by atoms with Gasteiger partial charge in [-0.2, -0.15) is 5.10 Å². The van der Waals surface area contributed by atoms with E-state index in [-0.39, 0.29) is 24.7 Å². The maximum atomic E-state index is 12.1. The van der Waals surface area contributed by atoms with Crippen LogP contribution in [0.25, 0.3) is 11.1 Å². The van der Waals surface area contributed by atoms with Crippen LogP contribution in [-0.2, 0) is 16.0 Å². The predicted octanol–water partition coefficient (Wildman–Crippen LogP) is 3.81. The van der Waals surface area contributed by atoms with Crippen molar-refractivity contribution in [2.24, 2.45) is 5.10 Å². The Morgan fingerprint density at radius 3 is 2.24 bits per heavy atom. The summed E-state index contributed by atoms with van der Waals surface area (Å²) in [6.45, 7) is 1.69. The molecule has 2 N–H and O–H groups in total. The van der Waals surface area contributed by atoms with Crippen molar-refractivity contribution in [2.75, 3.05) is 5.32 Å². The second-order valence-electron chi connectivity index (χ2n) is 6.56. The molecule has 0 saturated heterocycles. The van der Waals surface area contributed by atoms with Crippen LogP contribution in [0.1, 0.15) is 18.9 Å². The van der Waals surface area contributed by atoms with Crippen molar-refractivity contribution in [3.05, 3.63) is 84.6 Å². The minimum atomic E-state index is -0.240. The zero-order valence-electron chi connectivity index (χ0n) is 16.1. The first-order chi connectivity index (χ1) is 14.1. The standard InChI is InChI=1S/C23H22N4O2/c1-17(15-22(28)25-21-9-5-6-14-24-21)26-27-23(29)16-18-10-12-20(13-11-18)19-7-3-2-4-8-19/h2-14H,15-16H2,1H3,(H,27,29)(H,24,25,28)/b26-17-. The van der Waals surface area contributed by atoms with Gasteiger partial charge in [0.1, 0.15) is 5.82 Å². The van der Waals surface area contributed by atoms with Crippen molar-refractivity contribution in [3.63, 3.8) is 0 Å². The van der Waals surface area contributed by atoms with Crippen molar-refractivity contribution in [1.29, 1.82) is 0 Å². The summed E-state index contributed by atoms with van der Waals surface area (Å²) in [5.41, 5.74) is 6.13. The lowest BCUT2D eigenvalue weighted by atomic mass is 10.0. The van der Waals surface area contributed by atoms with Crippen LogP contribution in [0.2, 0.25) is 0 Å². The fourth-order valence-electron chi connectivity index (χ4n) is 2.72. The average molecular weight is 386 g/mol.